The van der Waals surface area contributed by atoms with Crippen molar-refractivity contribution in [3.05, 3.63) is 0 Å². The predicted octanol–water partition coefficient (Wildman–Crippen LogP) is 2.30. The molecule has 1 amide bonds. The first-order chi connectivity index (χ1) is 9.11. The van der Waals surface area contributed by atoms with Crippen LogP contribution in [0.4, 0.5) is 0 Å². The average molecular weight is 264 g/mol. The number of nitrogens with two attached hydrogens (primary N) is 1. The van der Waals surface area contributed by atoms with E-state index in [1.165, 1.54) is 32.1 Å². The standard InChI is InChI=1S/C16H28N2O/c1-3-10-6-7-13(9(10)2)18-16(19)14-11-4-5-12(8-11)15(14)17/h9-15H,3-8,17H2,1-2H3,(H,18,19). The molecule has 0 saturated heterocycles. The number of hydrogen-bond donors (Lipinski definition) is 2. The third-order valence-corrected chi connectivity index (χ3v) is 6.36. The van der Waals surface area contributed by atoms with Gasteiger partial charge < -0.3 is 11.1 Å². The van der Waals surface area contributed by atoms with E-state index in [2.05, 4.69) is 19.2 Å². The van der Waals surface area contributed by atoms with E-state index in [4.69, 9.17) is 5.73 Å². The van der Waals surface area contributed by atoms with E-state index < -0.39 is 0 Å². The molecule has 3 aliphatic rings. The molecule has 7 atom stereocenters. The van der Waals surface area contributed by atoms with Crippen LogP contribution in [0.5, 0.6) is 0 Å². The van der Waals surface area contributed by atoms with Crippen molar-refractivity contribution in [2.45, 2.75) is 64.5 Å². The molecule has 0 aromatic heterocycles. The fraction of sp³-hybridized carbons (Fsp3) is 0.938. The van der Waals surface area contributed by atoms with E-state index in [1.807, 2.05) is 0 Å². The van der Waals surface area contributed by atoms with Gasteiger partial charge in [0, 0.05) is 12.1 Å². The molecular formula is C16H28N2O. The molecule has 3 rings (SSSR count). The summed E-state index contributed by atoms with van der Waals surface area (Å²) in [5.74, 6) is 2.96. The lowest BCUT2D eigenvalue weighted by Gasteiger charge is -2.29. The van der Waals surface area contributed by atoms with Gasteiger partial charge in [0.15, 0.2) is 0 Å². The molecule has 0 aromatic carbocycles. The van der Waals surface area contributed by atoms with Gasteiger partial charge in [-0.15, -0.1) is 0 Å². The fourth-order valence-electron chi connectivity index (χ4n) is 5.03. The first-order valence-corrected chi connectivity index (χ1v) is 8.17. The molecule has 3 fully saturated rings. The second-order valence-electron chi connectivity index (χ2n) is 7.16. The molecule has 0 spiro atoms. The molecule has 3 nitrogen and oxygen atoms in total. The van der Waals surface area contributed by atoms with Crippen molar-refractivity contribution in [1.82, 2.24) is 5.32 Å². The summed E-state index contributed by atoms with van der Waals surface area (Å²) in [4.78, 5) is 12.6. The number of rotatable bonds is 3. The molecule has 0 radical (unpaired) electrons. The maximum absolute atomic E-state index is 12.6. The summed E-state index contributed by atoms with van der Waals surface area (Å²) < 4.78 is 0. The highest BCUT2D eigenvalue weighted by Gasteiger charge is 2.49. The van der Waals surface area contributed by atoms with Gasteiger partial charge in [-0.1, -0.05) is 20.3 Å². The topological polar surface area (TPSA) is 55.1 Å². The highest BCUT2D eigenvalue weighted by molar-refractivity contribution is 5.80. The zero-order valence-corrected chi connectivity index (χ0v) is 12.3. The van der Waals surface area contributed by atoms with Gasteiger partial charge in [-0.25, -0.2) is 0 Å². The van der Waals surface area contributed by atoms with E-state index in [0.29, 0.717) is 23.8 Å². The Morgan fingerprint density at radius 3 is 2.53 bits per heavy atom. The van der Waals surface area contributed by atoms with Crippen molar-refractivity contribution in [2.24, 2.45) is 35.3 Å². The Balaban J connectivity index is 1.60. The van der Waals surface area contributed by atoms with Crippen LogP contribution < -0.4 is 11.1 Å². The third kappa shape index (κ3) is 2.20. The van der Waals surface area contributed by atoms with E-state index in [-0.39, 0.29) is 17.9 Å². The lowest BCUT2D eigenvalue weighted by atomic mass is 9.84. The first kappa shape index (κ1) is 13.4. The molecule has 0 aromatic rings. The Kier molecular flexibility index (Phi) is 3.59. The van der Waals surface area contributed by atoms with E-state index in [1.54, 1.807) is 0 Å². The van der Waals surface area contributed by atoms with Crippen LogP contribution in [0, 0.1) is 29.6 Å². The molecule has 3 aliphatic carbocycles. The second kappa shape index (κ2) is 5.08. The molecule has 3 N–H and O–H groups in total. The van der Waals surface area contributed by atoms with Crippen molar-refractivity contribution in [1.29, 1.82) is 0 Å². The minimum Gasteiger partial charge on any atom is -0.353 e. The molecule has 0 heterocycles. The fourth-order valence-corrected chi connectivity index (χ4v) is 5.03. The highest BCUT2D eigenvalue weighted by Crippen LogP contribution is 2.48. The summed E-state index contributed by atoms with van der Waals surface area (Å²) in [6.45, 7) is 4.56. The number of fused-ring (bicyclic) bond motifs is 2. The molecule has 3 saturated carbocycles. The summed E-state index contributed by atoms with van der Waals surface area (Å²) in [5.41, 5.74) is 6.27. The van der Waals surface area contributed by atoms with Crippen LogP contribution in [0.3, 0.4) is 0 Å². The summed E-state index contributed by atoms with van der Waals surface area (Å²) in [6, 6.07) is 0.515. The van der Waals surface area contributed by atoms with Crippen LogP contribution in [0.1, 0.15) is 52.4 Å². The SMILES string of the molecule is CCC1CCC(NC(=O)C2C3CCC(C3)C2N)C1C. The zero-order chi connectivity index (χ0) is 13.6. The molecule has 19 heavy (non-hydrogen) atoms. The van der Waals surface area contributed by atoms with Gasteiger partial charge >= 0.3 is 0 Å². The summed E-state index contributed by atoms with van der Waals surface area (Å²) >= 11 is 0. The number of amides is 1. The molecule has 108 valence electrons. The molecule has 2 bridgehead atoms. The normalized spacial score (nSPS) is 48.7. The van der Waals surface area contributed by atoms with Crippen LogP contribution in [-0.2, 0) is 4.79 Å². The number of carbonyl (C=O) groups is 1. The van der Waals surface area contributed by atoms with Crippen molar-refractivity contribution in [3.63, 3.8) is 0 Å². The minimum atomic E-state index is 0.103. The number of nitrogens with one attached hydrogen (secondary N) is 1. The van der Waals surface area contributed by atoms with E-state index in [9.17, 15) is 4.79 Å². The van der Waals surface area contributed by atoms with Gasteiger partial charge in [0.05, 0.1) is 5.92 Å². The van der Waals surface area contributed by atoms with Crippen molar-refractivity contribution in [2.75, 3.05) is 0 Å². The zero-order valence-electron chi connectivity index (χ0n) is 12.3. The molecule has 3 heteroatoms. The van der Waals surface area contributed by atoms with Crippen LogP contribution in [0.2, 0.25) is 0 Å². The Labute approximate surface area is 116 Å². The largest absolute Gasteiger partial charge is 0.353 e. The second-order valence-corrected chi connectivity index (χ2v) is 7.16. The lowest BCUT2D eigenvalue weighted by Crippen LogP contribution is -2.48. The number of carbonyl (C=O) groups excluding carboxylic acids is 1. The monoisotopic (exact) mass is 264 g/mol. The predicted molar refractivity (Wildman–Crippen MR) is 76.4 cm³/mol. The molecule has 0 aliphatic heterocycles. The lowest BCUT2D eigenvalue weighted by molar-refractivity contribution is -0.128. The minimum absolute atomic E-state index is 0.103. The summed E-state index contributed by atoms with van der Waals surface area (Å²) in [6.07, 6.45) is 7.31. The third-order valence-electron chi connectivity index (χ3n) is 6.36. The van der Waals surface area contributed by atoms with Gasteiger partial charge in [0.25, 0.3) is 0 Å². The van der Waals surface area contributed by atoms with Crippen molar-refractivity contribution < 1.29 is 4.79 Å². The van der Waals surface area contributed by atoms with Gasteiger partial charge in [-0.3, -0.25) is 4.79 Å². The average Bonchev–Trinajstić information content (AvgIpc) is 3.05. The Morgan fingerprint density at radius 2 is 1.95 bits per heavy atom. The summed E-state index contributed by atoms with van der Waals surface area (Å²) in [5, 5.41) is 3.33. The van der Waals surface area contributed by atoms with E-state index in [0.717, 1.165) is 12.3 Å². The van der Waals surface area contributed by atoms with Gasteiger partial charge in [-0.2, -0.15) is 0 Å². The van der Waals surface area contributed by atoms with E-state index >= 15 is 0 Å². The number of hydrogen-bond acceptors (Lipinski definition) is 2. The van der Waals surface area contributed by atoms with Crippen molar-refractivity contribution in [3.8, 4) is 0 Å². The van der Waals surface area contributed by atoms with Gasteiger partial charge in [0.2, 0.25) is 5.91 Å². The quantitative estimate of drug-likeness (QED) is 0.822. The maximum Gasteiger partial charge on any atom is 0.225 e. The smallest absolute Gasteiger partial charge is 0.225 e. The maximum atomic E-state index is 12.6. The highest BCUT2D eigenvalue weighted by atomic mass is 16.2. The van der Waals surface area contributed by atoms with Crippen LogP contribution >= 0.6 is 0 Å². The Bertz CT molecular complexity index is 355. The Morgan fingerprint density at radius 1 is 1.21 bits per heavy atom. The van der Waals surface area contributed by atoms with Crippen LogP contribution in [-0.4, -0.2) is 18.0 Å². The first-order valence-electron chi connectivity index (χ1n) is 8.17. The van der Waals surface area contributed by atoms with Crippen molar-refractivity contribution >= 4 is 5.91 Å². The van der Waals surface area contributed by atoms with Gasteiger partial charge in [0.1, 0.15) is 0 Å². The molecule has 7 unspecified atom stereocenters. The van der Waals surface area contributed by atoms with Crippen LogP contribution in [0.15, 0.2) is 0 Å². The summed E-state index contributed by atoms with van der Waals surface area (Å²) in [7, 11) is 0. The van der Waals surface area contributed by atoms with Gasteiger partial charge in [-0.05, 0) is 55.8 Å². The van der Waals surface area contributed by atoms with Crippen LogP contribution in [0.25, 0.3) is 0 Å². The molecular weight excluding hydrogens is 236 g/mol. The Hall–Kier alpha value is -0.570.